The van der Waals surface area contributed by atoms with Gasteiger partial charge in [0.2, 0.25) is 0 Å². The fraction of sp³-hybridized carbons (Fsp3) is 0.434. The van der Waals surface area contributed by atoms with Crippen molar-refractivity contribution < 1.29 is 70.4 Å². The number of H-pyrrole nitrogens is 2. The molecule has 26 heteroatoms. The first-order chi connectivity index (χ1) is 38.1. The predicted molar refractivity (Wildman–Crippen MR) is 287 cm³/mol. The molecule has 3 saturated heterocycles. The van der Waals surface area contributed by atoms with Crippen molar-refractivity contribution in [2.24, 2.45) is 0 Å². The molecule has 0 spiro atoms. The minimum atomic E-state index is -5.13. The van der Waals surface area contributed by atoms with Crippen molar-refractivity contribution in [3.8, 4) is 23.8 Å². The second-order valence-corrected chi connectivity index (χ2v) is 22.2. The number of Topliss-reactive ketones (excluding diaryl/α,β-unsaturated/α-hetero) is 1. The van der Waals surface area contributed by atoms with E-state index < -0.39 is 116 Å². The number of carbonyl (C=O) groups is 2. The number of carbonyl (C=O) groups excluding carboxylic acids is 2. The van der Waals surface area contributed by atoms with E-state index >= 15 is 4.57 Å². The topological polar surface area (TPSA) is 272 Å². The minimum absolute atomic E-state index is 0.124. The summed E-state index contributed by atoms with van der Waals surface area (Å²) in [4.78, 5) is 81.0. The van der Waals surface area contributed by atoms with E-state index in [2.05, 4.69) is 15.9 Å². The largest absolute Gasteiger partial charge is 0.497 e. The summed E-state index contributed by atoms with van der Waals surface area (Å²) in [5, 5.41) is 0. The van der Waals surface area contributed by atoms with Gasteiger partial charge >= 0.3 is 25.2 Å². The van der Waals surface area contributed by atoms with E-state index in [0.717, 1.165) is 27.5 Å². The van der Waals surface area contributed by atoms with Crippen molar-refractivity contribution in [1.82, 2.24) is 19.1 Å². The molecule has 8 rings (SSSR count). The van der Waals surface area contributed by atoms with E-state index in [-0.39, 0.29) is 31.0 Å². The zero-order chi connectivity index (χ0) is 56.3. The number of nitrogens with zero attached hydrogens (tertiary/aromatic N) is 2. The summed E-state index contributed by atoms with van der Waals surface area (Å²) in [5.41, 5.74) is -2.64. The molecule has 3 aromatic carbocycles. The van der Waals surface area contributed by atoms with Crippen LogP contribution in [-0.4, -0.2) is 139 Å². The van der Waals surface area contributed by atoms with Crippen LogP contribution >= 0.6 is 29.4 Å². The van der Waals surface area contributed by atoms with E-state index in [9.17, 15) is 28.8 Å². The quantitative estimate of drug-likeness (QED) is 0.0267. The van der Waals surface area contributed by atoms with Gasteiger partial charge in [0.05, 0.1) is 40.0 Å². The van der Waals surface area contributed by atoms with E-state index in [4.69, 9.17) is 62.6 Å². The molecule has 5 unspecified atom stereocenters. The van der Waals surface area contributed by atoms with Gasteiger partial charge in [0, 0.05) is 56.7 Å². The maximum Gasteiger partial charge on any atom is 0.475 e. The third kappa shape index (κ3) is 13.7. The molecule has 5 aromatic rings. The van der Waals surface area contributed by atoms with Gasteiger partial charge in [-0.05, 0) is 47.9 Å². The van der Waals surface area contributed by atoms with Crippen LogP contribution in [-0.2, 0) is 66.5 Å². The van der Waals surface area contributed by atoms with Crippen molar-refractivity contribution in [3.63, 3.8) is 0 Å². The number of methoxy groups -OCH3 is 4. The van der Waals surface area contributed by atoms with E-state index in [1.54, 1.807) is 38.5 Å². The minimum Gasteiger partial charge on any atom is -0.497 e. The van der Waals surface area contributed by atoms with Crippen LogP contribution in [0.3, 0.4) is 0 Å². The predicted octanol–water partition coefficient (Wildman–Crippen LogP) is 4.53. The van der Waals surface area contributed by atoms with Crippen LogP contribution in [0.2, 0.25) is 0 Å². The number of rotatable bonds is 25. The van der Waals surface area contributed by atoms with Gasteiger partial charge in [-0.2, -0.15) is 0 Å². The maximum atomic E-state index is 16.1. The number of hydrogen-bond acceptors (Lipinski definition) is 21. The molecule has 11 atom stereocenters. The van der Waals surface area contributed by atoms with Crippen LogP contribution in [0.4, 0.5) is 0 Å². The van der Waals surface area contributed by atoms with Gasteiger partial charge in [-0.25, -0.2) is 14.2 Å². The average molecular weight is 1150 g/mol. The lowest BCUT2D eigenvalue weighted by Gasteiger charge is -2.38. The number of phosphoric acid groups is 1. The maximum absolute atomic E-state index is 16.1. The highest BCUT2D eigenvalue weighted by molar-refractivity contribution is 8.76. The molecule has 23 nitrogen and oxygen atoms in total. The van der Waals surface area contributed by atoms with E-state index in [1.165, 1.54) is 48.9 Å². The van der Waals surface area contributed by atoms with Gasteiger partial charge in [0.15, 0.2) is 18.6 Å². The molecule has 79 heavy (non-hydrogen) atoms. The number of phosphoric ester groups is 1. The van der Waals surface area contributed by atoms with E-state index in [0.29, 0.717) is 33.9 Å². The molecule has 0 aliphatic carbocycles. The number of benzene rings is 3. The Hall–Kier alpha value is -6.11. The molecule has 0 radical (unpaired) electrons. The lowest BCUT2D eigenvalue weighted by atomic mass is 9.80. The van der Waals surface area contributed by atoms with Crippen molar-refractivity contribution in [2.75, 3.05) is 59.8 Å². The smallest absolute Gasteiger partial charge is 0.475 e. The summed E-state index contributed by atoms with van der Waals surface area (Å²) >= 11 is 0. The number of esters is 1. The lowest BCUT2D eigenvalue weighted by molar-refractivity contribution is -0.158. The number of aromatic amines is 2. The summed E-state index contributed by atoms with van der Waals surface area (Å²) in [5.74, 6) is 3.00. The third-order valence-corrected chi connectivity index (χ3v) is 17.1. The van der Waals surface area contributed by atoms with Crippen molar-refractivity contribution in [1.29, 1.82) is 0 Å². The summed E-state index contributed by atoms with van der Waals surface area (Å²) in [7, 11) is 3.42. The molecular formula is C53H59N4O19PS2. The first kappa shape index (κ1) is 59.0. The number of ether oxygens (including phenoxy) is 9. The summed E-state index contributed by atoms with van der Waals surface area (Å²) in [6.07, 6.45) is -5.31. The van der Waals surface area contributed by atoms with Crippen LogP contribution in [0, 0.1) is 12.3 Å². The summed E-state index contributed by atoms with van der Waals surface area (Å²) in [6, 6.07) is 26.1. The number of nitrogens with one attached hydrogen (secondary N) is 2. The summed E-state index contributed by atoms with van der Waals surface area (Å²) in [6.45, 7) is 0.0411. The highest BCUT2D eigenvalue weighted by Crippen LogP contribution is 2.57. The average Bonchev–Trinajstić information content (AvgIpc) is 4.20. The second-order valence-electron chi connectivity index (χ2n) is 18.1. The van der Waals surface area contributed by atoms with Crippen LogP contribution in [0.1, 0.15) is 48.9 Å². The van der Waals surface area contributed by atoms with Gasteiger partial charge in [0.25, 0.3) is 11.1 Å². The van der Waals surface area contributed by atoms with Gasteiger partial charge in [-0.3, -0.25) is 47.1 Å². The molecule has 3 aliphatic rings. The Bertz CT molecular complexity index is 3160. The van der Waals surface area contributed by atoms with Gasteiger partial charge in [-0.15, -0.1) is 6.42 Å². The molecule has 0 saturated carbocycles. The second kappa shape index (κ2) is 26.9. The molecule has 0 bridgehead atoms. The standard InChI is InChI=1S/C53H59N4O19PS2/c1-7-27-69-40-30-78-79-31-41(40)75-77(64,71-29-39-45(74-44(61)22-13-32(2)58)47(67-5)49(73-39)56-25-23-42(59)54-51(56)62)76-46-38(72-50(48(46)68-6)57-26-24-43(60)55-52(57)63)28-70-53(33-11-9-8-10-12-33,34-14-18-36(65-3)19-15-34)35-16-20-37(66-4)21-17-35/h1,8-12,14-21,23-26,38-41,45-50H,13,22,27-31H2,2-6H3,(H,54,59,62)(H,55,60,63)/t38-,39?,40-,41-,45?,46-,47?,48-,49?,50-,77?/m1/s1. The first-order valence-electron chi connectivity index (χ1n) is 24.7. The highest BCUT2D eigenvalue weighted by atomic mass is 33.1. The molecule has 3 aliphatic heterocycles. The molecular weight excluding hydrogens is 1090 g/mol. The molecule has 2 aromatic heterocycles. The van der Waals surface area contributed by atoms with Crippen LogP contribution in [0.15, 0.2) is 123 Å². The van der Waals surface area contributed by atoms with Crippen molar-refractivity contribution in [3.05, 3.63) is 162 Å². The Morgan fingerprint density at radius 3 is 1.71 bits per heavy atom. The normalized spacial score (nSPS) is 24.8. The van der Waals surface area contributed by atoms with Crippen molar-refractivity contribution in [2.45, 2.75) is 86.7 Å². The monoisotopic (exact) mass is 1150 g/mol. The molecule has 422 valence electrons. The Balaban J connectivity index is 1.22. The highest BCUT2D eigenvalue weighted by Gasteiger charge is 2.55. The Morgan fingerprint density at radius 1 is 0.684 bits per heavy atom. The Labute approximate surface area is 460 Å². The van der Waals surface area contributed by atoms with Crippen LogP contribution in [0.25, 0.3) is 0 Å². The molecule has 0 amide bonds. The first-order valence-corrected chi connectivity index (χ1v) is 28.7. The Morgan fingerprint density at radius 2 is 1.20 bits per heavy atom. The Kier molecular flexibility index (Phi) is 20.1. The van der Waals surface area contributed by atoms with Crippen LogP contribution < -0.4 is 32.0 Å². The number of aromatic nitrogens is 4. The molecule has 5 heterocycles. The van der Waals surface area contributed by atoms with Crippen molar-refractivity contribution >= 4 is 41.2 Å². The molecule has 3 fully saturated rings. The third-order valence-electron chi connectivity index (χ3n) is 13.2. The summed E-state index contributed by atoms with van der Waals surface area (Å²) < 4.78 is 92.8. The van der Waals surface area contributed by atoms with Gasteiger partial charge in [0.1, 0.15) is 66.1 Å². The molecule has 2 N–H and O–H groups in total. The lowest BCUT2D eigenvalue weighted by Crippen LogP contribution is -2.43. The number of hydrogen-bond donors (Lipinski definition) is 2. The van der Waals surface area contributed by atoms with Crippen LogP contribution in [0.5, 0.6) is 11.5 Å². The van der Waals surface area contributed by atoms with Gasteiger partial charge in [-0.1, -0.05) is 82.1 Å². The zero-order valence-electron chi connectivity index (χ0n) is 43.5. The van der Waals surface area contributed by atoms with Gasteiger partial charge < -0.3 is 47.4 Å². The number of terminal acetylenes is 1. The number of ketones is 1. The fourth-order valence-corrected chi connectivity index (χ4v) is 13.5. The SMILES string of the molecule is C#CCO[C@@H]1CSSC[C@H]1OP(=O)(OCC1OC(n2ccc(=O)[nH]c2=O)C(OC)C1OC(=O)CCC(C)=O)O[C@H]1[C@@H](OC)[C@H](n2ccc(=O)[nH]c2=O)O[C@@H]1COC(c1ccccc1)(c1ccc(OC)cc1)c1ccc(OC)cc1. The zero-order valence-corrected chi connectivity index (χ0v) is 46.1. The van der Waals surface area contributed by atoms with E-state index in [1.807, 2.05) is 54.6 Å². The fourth-order valence-electron chi connectivity index (χ4n) is 9.35.